The van der Waals surface area contributed by atoms with Crippen LogP contribution in [0.3, 0.4) is 0 Å². The summed E-state index contributed by atoms with van der Waals surface area (Å²) >= 11 is 0. The molecule has 1 aliphatic carbocycles. The van der Waals surface area contributed by atoms with Gasteiger partial charge in [0.05, 0.1) is 16.8 Å². The minimum Gasteiger partial charge on any atom is -0.454 e. The maximum Gasteiger partial charge on any atom is 0.159 e. The van der Waals surface area contributed by atoms with Gasteiger partial charge in [-0.3, -0.25) is 0 Å². The van der Waals surface area contributed by atoms with Crippen LogP contribution in [0.15, 0.2) is 251 Å². The van der Waals surface area contributed by atoms with Gasteiger partial charge < -0.3 is 18.6 Å². The number of nitrogens with zero attached hydrogens (tertiary/aromatic N) is 2. The summed E-state index contributed by atoms with van der Waals surface area (Å²) in [5.74, 6) is 0. The first-order chi connectivity index (χ1) is 37.8. The van der Waals surface area contributed by atoms with Gasteiger partial charge in [-0.2, -0.15) is 0 Å². The zero-order chi connectivity index (χ0) is 51.5. The predicted molar refractivity (Wildman–Crippen MR) is 322 cm³/mol. The minimum absolute atomic E-state index is 0.685. The number of hydrogen-bond donors (Lipinski definition) is 0. The van der Waals surface area contributed by atoms with E-state index in [4.69, 9.17) is 8.83 Å². The summed E-state index contributed by atoms with van der Waals surface area (Å²) in [4.78, 5) is 4.77. The summed E-state index contributed by atoms with van der Waals surface area (Å²) in [7, 11) is 0. The van der Waals surface area contributed by atoms with E-state index in [1.54, 1.807) is 0 Å². The van der Waals surface area contributed by atoms with Crippen LogP contribution < -0.4 is 9.80 Å². The lowest BCUT2D eigenvalue weighted by Crippen LogP contribution is -2.29. The molecule has 2 aromatic heterocycles. The Balaban J connectivity index is 0.967. The molecule has 0 atom stereocenters. The fourth-order valence-electron chi connectivity index (χ4n) is 13.2. The molecule has 12 aromatic carbocycles. The molecule has 0 N–H and O–H groups in total. The van der Waals surface area contributed by atoms with E-state index in [-0.39, 0.29) is 0 Å². The van der Waals surface area contributed by atoms with Gasteiger partial charge in [0.1, 0.15) is 11.2 Å². The van der Waals surface area contributed by atoms with Gasteiger partial charge >= 0.3 is 0 Å². The molecule has 4 heteroatoms. The second kappa shape index (κ2) is 17.2. The predicted octanol–water partition coefficient (Wildman–Crippen LogP) is 20.3. The smallest absolute Gasteiger partial charge is 0.159 e. The molecule has 0 aliphatic heterocycles. The fourth-order valence-corrected chi connectivity index (χ4v) is 13.2. The lowest BCUT2D eigenvalue weighted by atomic mass is 9.66. The summed E-state index contributed by atoms with van der Waals surface area (Å²) in [6, 6.07) is 89.3. The van der Waals surface area contributed by atoms with E-state index in [9.17, 15) is 0 Å². The average molecular weight is 989 g/mol. The summed E-state index contributed by atoms with van der Waals surface area (Å²) < 4.78 is 13.5. The first-order valence-electron chi connectivity index (χ1n) is 26.6. The number of hydrogen-bond acceptors (Lipinski definition) is 4. The van der Waals surface area contributed by atoms with Crippen LogP contribution in [0.25, 0.3) is 76.5 Å². The Kier molecular flexibility index (Phi) is 10.0. The Bertz CT molecular complexity index is 4360. The lowest BCUT2D eigenvalue weighted by Gasteiger charge is -2.36. The number of benzene rings is 12. The molecule has 0 unspecified atom stereocenters. The molecule has 4 nitrogen and oxygen atoms in total. The molecule has 2 heterocycles. The van der Waals surface area contributed by atoms with E-state index in [1.807, 2.05) is 12.1 Å². The van der Waals surface area contributed by atoms with Crippen LogP contribution >= 0.6 is 0 Å². The number of para-hydroxylation sites is 4. The highest BCUT2D eigenvalue weighted by Crippen LogP contribution is 2.60. The maximum atomic E-state index is 6.77. The third-order valence-corrected chi connectivity index (χ3v) is 16.2. The van der Waals surface area contributed by atoms with Crippen LogP contribution in [0.4, 0.5) is 34.1 Å². The summed E-state index contributed by atoms with van der Waals surface area (Å²) in [6.07, 6.45) is 0. The van der Waals surface area contributed by atoms with Crippen LogP contribution in [0.2, 0.25) is 0 Å². The summed E-state index contributed by atoms with van der Waals surface area (Å²) in [5.41, 5.74) is 21.4. The molecular formula is C73H52N2O2. The molecule has 366 valence electrons. The topological polar surface area (TPSA) is 32.8 Å². The van der Waals surface area contributed by atoms with E-state index in [0.29, 0.717) is 0 Å². The maximum absolute atomic E-state index is 6.77. The molecule has 0 bridgehead atoms. The summed E-state index contributed by atoms with van der Waals surface area (Å²) in [5, 5.41) is 9.15. The van der Waals surface area contributed by atoms with Gasteiger partial charge in [0.2, 0.25) is 0 Å². The first kappa shape index (κ1) is 44.8. The van der Waals surface area contributed by atoms with E-state index < -0.39 is 5.41 Å². The van der Waals surface area contributed by atoms with Crippen molar-refractivity contribution in [3.05, 3.63) is 287 Å². The third kappa shape index (κ3) is 6.85. The molecule has 0 saturated heterocycles. The van der Waals surface area contributed by atoms with E-state index >= 15 is 0 Å². The van der Waals surface area contributed by atoms with Crippen LogP contribution in [0, 0.1) is 27.7 Å². The van der Waals surface area contributed by atoms with Gasteiger partial charge in [-0.1, -0.05) is 170 Å². The molecule has 15 rings (SSSR count). The van der Waals surface area contributed by atoms with Crippen molar-refractivity contribution in [2.75, 3.05) is 9.80 Å². The Morgan fingerprint density at radius 1 is 0.299 bits per heavy atom. The van der Waals surface area contributed by atoms with Crippen molar-refractivity contribution in [1.82, 2.24) is 0 Å². The molecule has 14 aromatic rings. The molecule has 0 radical (unpaired) electrons. The quantitative estimate of drug-likeness (QED) is 0.152. The molecule has 0 amide bonds. The van der Waals surface area contributed by atoms with Crippen LogP contribution in [0.1, 0.15) is 44.5 Å². The first-order valence-corrected chi connectivity index (χ1v) is 26.6. The largest absolute Gasteiger partial charge is 0.454 e. The van der Waals surface area contributed by atoms with Crippen molar-refractivity contribution in [2.24, 2.45) is 0 Å². The van der Waals surface area contributed by atoms with Crippen molar-refractivity contribution < 1.29 is 8.83 Å². The van der Waals surface area contributed by atoms with Crippen LogP contribution in [0.5, 0.6) is 0 Å². The fraction of sp³-hybridized carbons (Fsp3) is 0.0685. The van der Waals surface area contributed by atoms with Crippen molar-refractivity contribution in [3.63, 3.8) is 0 Å². The second-order valence-electron chi connectivity index (χ2n) is 21.1. The van der Waals surface area contributed by atoms with Crippen LogP contribution in [-0.4, -0.2) is 0 Å². The van der Waals surface area contributed by atoms with Crippen molar-refractivity contribution in [1.29, 1.82) is 0 Å². The highest BCUT2D eigenvalue weighted by Gasteiger charge is 2.48. The molecular weight excluding hydrogens is 937 g/mol. The third-order valence-electron chi connectivity index (χ3n) is 16.2. The molecule has 1 aliphatic rings. The zero-order valence-electron chi connectivity index (χ0n) is 43.3. The zero-order valence-corrected chi connectivity index (χ0v) is 43.3. The van der Waals surface area contributed by atoms with E-state index in [2.05, 4.69) is 268 Å². The molecule has 0 spiro atoms. The Labute approximate surface area is 447 Å². The van der Waals surface area contributed by atoms with E-state index in [0.717, 1.165) is 88.8 Å². The Morgan fingerprint density at radius 3 is 1.12 bits per heavy atom. The summed E-state index contributed by atoms with van der Waals surface area (Å²) in [6.45, 7) is 8.72. The minimum atomic E-state index is -0.685. The van der Waals surface area contributed by atoms with Gasteiger partial charge in [-0.25, -0.2) is 0 Å². The Hall–Kier alpha value is -9.64. The van der Waals surface area contributed by atoms with Gasteiger partial charge in [-0.15, -0.1) is 0 Å². The molecule has 77 heavy (non-hydrogen) atoms. The standard InChI is InChI=1S/C73H52N2O2/c1-45-37-46(2)40-55(39-45)74(65-25-15-23-63-59-21-11-13-27-67(59)76-71(63)65)53-31-35-57-49(43-53)29-33-61-62-34-30-50-44-54(32-36-58(50)70(62)73(69(57)61,51-17-7-5-8-18-51)52-19-9-6-10-20-52)75(56-41-47(3)38-48(4)42-56)66-26-16-24-64-60-22-12-14-28-68(60)77-72(64)66/h5-44H,1-4H3. The lowest BCUT2D eigenvalue weighted by molar-refractivity contribution is 0.668. The second-order valence-corrected chi connectivity index (χ2v) is 21.1. The number of rotatable bonds is 8. The van der Waals surface area contributed by atoms with Crippen molar-refractivity contribution in [2.45, 2.75) is 33.1 Å². The van der Waals surface area contributed by atoms with E-state index in [1.165, 1.54) is 66.4 Å². The molecule has 0 fully saturated rings. The molecule has 0 saturated carbocycles. The Morgan fingerprint density at radius 2 is 0.688 bits per heavy atom. The van der Waals surface area contributed by atoms with Gasteiger partial charge in [0.15, 0.2) is 11.2 Å². The van der Waals surface area contributed by atoms with Crippen molar-refractivity contribution in [3.8, 4) is 11.1 Å². The highest BCUT2D eigenvalue weighted by atomic mass is 16.3. The van der Waals surface area contributed by atoms with Gasteiger partial charge in [0.25, 0.3) is 0 Å². The SMILES string of the molecule is Cc1cc(C)cc(N(c2ccc3c4c(ccc3c2)-c2ccc3cc(N(c5cc(C)cc(C)c5)c5cccc6c5oc5ccccc56)ccc3c2C4(c2ccccc2)c2ccccc2)c2cccc3c2oc2ccccc23)c1. The van der Waals surface area contributed by atoms with Crippen LogP contribution in [-0.2, 0) is 5.41 Å². The van der Waals surface area contributed by atoms with Gasteiger partial charge in [-0.05, 0) is 178 Å². The average Bonchev–Trinajstić information content (AvgIpc) is 4.33. The van der Waals surface area contributed by atoms with Gasteiger partial charge in [0, 0.05) is 44.3 Å². The number of furan rings is 2. The normalized spacial score (nSPS) is 12.8. The number of fused-ring (bicyclic) bond motifs is 13. The number of anilines is 6. The number of aryl methyl sites for hydroxylation is 4. The monoisotopic (exact) mass is 988 g/mol. The van der Waals surface area contributed by atoms with Crippen molar-refractivity contribution >= 4 is 99.5 Å². The highest BCUT2D eigenvalue weighted by molar-refractivity contribution is 6.13.